The molecule has 0 unspecified atom stereocenters. The predicted octanol–water partition coefficient (Wildman–Crippen LogP) is 2.67. The summed E-state index contributed by atoms with van der Waals surface area (Å²) in [6.45, 7) is 0. The highest BCUT2D eigenvalue weighted by Gasteiger charge is 2.19. The molecule has 2 aromatic carbocycles. The van der Waals surface area contributed by atoms with Crippen molar-refractivity contribution in [3.8, 4) is 12.1 Å². The molecule has 0 aliphatic heterocycles. The van der Waals surface area contributed by atoms with Crippen LogP contribution in [0.5, 0.6) is 0 Å². The van der Waals surface area contributed by atoms with E-state index in [1.807, 2.05) is 12.1 Å². The third kappa shape index (κ3) is 3.71. The summed E-state index contributed by atoms with van der Waals surface area (Å²) in [7, 11) is 1.53. The van der Waals surface area contributed by atoms with Gasteiger partial charge in [0.15, 0.2) is 5.69 Å². The summed E-state index contributed by atoms with van der Waals surface area (Å²) >= 11 is 0. The minimum atomic E-state index is -0.547. The highest BCUT2D eigenvalue weighted by atomic mass is 16.2. The van der Waals surface area contributed by atoms with Crippen molar-refractivity contribution in [3.63, 3.8) is 0 Å². The first kappa shape index (κ1) is 18.4. The van der Waals surface area contributed by atoms with Crippen LogP contribution in [-0.4, -0.2) is 21.6 Å². The number of nitrogens with zero attached hydrogens (tertiary/aromatic N) is 4. The van der Waals surface area contributed by atoms with Crippen molar-refractivity contribution >= 4 is 23.2 Å². The van der Waals surface area contributed by atoms with Gasteiger partial charge in [-0.3, -0.25) is 14.3 Å². The number of nitrogens with one attached hydrogen (secondary N) is 2. The lowest BCUT2D eigenvalue weighted by Gasteiger charge is -2.06. The number of anilines is 2. The maximum atomic E-state index is 12.5. The molecule has 2 N–H and O–H groups in total. The lowest BCUT2D eigenvalue weighted by atomic mass is 10.2. The molecule has 0 spiro atoms. The third-order valence-electron chi connectivity index (χ3n) is 3.94. The van der Waals surface area contributed by atoms with E-state index < -0.39 is 11.8 Å². The van der Waals surface area contributed by atoms with Crippen LogP contribution in [0.4, 0.5) is 11.4 Å². The Hall–Kier alpha value is -4.43. The Morgan fingerprint density at radius 1 is 0.893 bits per heavy atom. The van der Waals surface area contributed by atoms with Crippen LogP contribution in [0.3, 0.4) is 0 Å². The van der Waals surface area contributed by atoms with Crippen molar-refractivity contribution in [1.82, 2.24) is 9.78 Å². The molecule has 0 saturated heterocycles. The fraction of sp³-hybridized carbons (Fsp3) is 0.0500. The van der Waals surface area contributed by atoms with Crippen LogP contribution in [0.1, 0.15) is 32.1 Å². The smallest absolute Gasteiger partial charge is 0.276 e. The van der Waals surface area contributed by atoms with Crippen molar-refractivity contribution in [1.29, 1.82) is 10.5 Å². The molecule has 1 aromatic heterocycles. The van der Waals surface area contributed by atoms with Gasteiger partial charge in [0.2, 0.25) is 0 Å². The molecule has 0 radical (unpaired) electrons. The topological polar surface area (TPSA) is 124 Å². The molecule has 1 heterocycles. The number of aryl methyl sites for hydroxylation is 1. The van der Waals surface area contributed by atoms with Crippen LogP contribution >= 0.6 is 0 Å². The quantitative estimate of drug-likeness (QED) is 0.731. The highest BCUT2D eigenvalue weighted by Crippen LogP contribution is 2.17. The Morgan fingerprint density at radius 2 is 1.39 bits per heavy atom. The second-order valence-corrected chi connectivity index (χ2v) is 5.76. The van der Waals surface area contributed by atoms with Gasteiger partial charge in [0, 0.05) is 13.1 Å². The van der Waals surface area contributed by atoms with Gasteiger partial charge in [0.1, 0.15) is 17.8 Å². The first-order valence-corrected chi connectivity index (χ1v) is 8.18. The summed E-state index contributed by atoms with van der Waals surface area (Å²) in [5, 5.41) is 27.5. The van der Waals surface area contributed by atoms with Crippen LogP contribution in [-0.2, 0) is 7.05 Å². The number of amides is 2. The van der Waals surface area contributed by atoms with E-state index in [-0.39, 0.29) is 11.4 Å². The van der Waals surface area contributed by atoms with Crippen molar-refractivity contribution in [3.05, 3.63) is 77.1 Å². The molecule has 0 atom stereocenters. The van der Waals surface area contributed by atoms with E-state index in [1.54, 1.807) is 48.5 Å². The van der Waals surface area contributed by atoms with Crippen LogP contribution in [0.25, 0.3) is 0 Å². The minimum Gasteiger partial charge on any atom is -0.319 e. The van der Waals surface area contributed by atoms with E-state index in [1.165, 1.54) is 17.8 Å². The Labute approximate surface area is 160 Å². The number of hydrogen-bond acceptors (Lipinski definition) is 5. The molecule has 136 valence electrons. The Morgan fingerprint density at radius 3 is 1.93 bits per heavy atom. The number of carbonyl (C=O) groups is 2. The molecule has 2 amide bonds. The number of carbonyl (C=O) groups excluding carboxylic acids is 2. The van der Waals surface area contributed by atoms with Gasteiger partial charge in [-0.15, -0.1) is 0 Å². The zero-order valence-electron chi connectivity index (χ0n) is 14.8. The second kappa shape index (κ2) is 7.85. The lowest BCUT2D eigenvalue weighted by molar-refractivity contribution is 0.101. The van der Waals surface area contributed by atoms with E-state index in [0.717, 1.165) is 0 Å². The zero-order valence-corrected chi connectivity index (χ0v) is 14.8. The molecular weight excluding hydrogens is 356 g/mol. The van der Waals surface area contributed by atoms with Gasteiger partial charge >= 0.3 is 0 Å². The molecule has 0 saturated carbocycles. The largest absolute Gasteiger partial charge is 0.319 e. The van der Waals surface area contributed by atoms with Gasteiger partial charge < -0.3 is 10.6 Å². The second-order valence-electron chi connectivity index (χ2n) is 5.76. The number of benzene rings is 2. The molecule has 8 heteroatoms. The standard InChI is InChI=1S/C20H14N6O2/c1-26-18(20(28)24-16-9-5-3-7-14(16)12-22)10-17(25-26)19(27)23-15-8-4-2-6-13(15)11-21/h2-10H,1H3,(H,23,27)(H,24,28). The van der Waals surface area contributed by atoms with E-state index in [0.29, 0.717) is 22.5 Å². The first-order chi connectivity index (χ1) is 13.5. The Kier molecular flexibility index (Phi) is 5.15. The molecular formula is C20H14N6O2. The van der Waals surface area contributed by atoms with E-state index in [9.17, 15) is 9.59 Å². The lowest BCUT2D eigenvalue weighted by Crippen LogP contribution is -2.16. The minimum absolute atomic E-state index is 0.0222. The number of nitriles is 2. The summed E-state index contributed by atoms with van der Waals surface area (Å²) in [6.07, 6.45) is 0. The van der Waals surface area contributed by atoms with Gasteiger partial charge in [-0.2, -0.15) is 15.6 Å². The molecule has 0 aliphatic rings. The summed E-state index contributed by atoms with van der Waals surface area (Å²) < 4.78 is 1.27. The van der Waals surface area contributed by atoms with Crippen LogP contribution in [0.15, 0.2) is 54.6 Å². The predicted molar refractivity (Wildman–Crippen MR) is 101 cm³/mol. The fourth-order valence-electron chi connectivity index (χ4n) is 2.54. The maximum absolute atomic E-state index is 12.5. The number of para-hydroxylation sites is 2. The average Bonchev–Trinajstić information content (AvgIpc) is 3.10. The molecule has 0 aliphatic carbocycles. The summed E-state index contributed by atoms with van der Waals surface area (Å²) in [5.41, 5.74) is 1.53. The van der Waals surface area contributed by atoms with Crippen molar-refractivity contribution in [2.24, 2.45) is 7.05 Å². The van der Waals surface area contributed by atoms with Gasteiger partial charge in [-0.05, 0) is 24.3 Å². The van der Waals surface area contributed by atoms with E-state index in [2.05, 4.69) is 15.7 Å². The van der Waals surface area contributed by atoms with Gasteiger partial charge in [0.25, 0.3) is 11.8 Å². The SMILES string of the molecule is Cn1nc(C(=O)Nc2ccccc2C#N)cc1C(=O)Nc1ccccc1C#N. The first-order valence-electron chi connectivity index (χ1n) is 8.18. The van der Waals surface area contributed by atoms with Gasteiger partial charge in [0.05, 0.1) is 22.5 Å². The molecule has 3 aromatic rings. The Balaban J connectivity index is 1.81. The van der Waals surface area contributed by atoms with E-state index in [4.69, 9.17) is 10.5 Å². The highest BCUT2D eigenvalue weighted by molar-refractivity contribution is 6.08. The summed E-state index contributed by atoms with van der Waals surface area (Å²) in [5.74, 6) is -1.05. The maximum Gasteiger partial charge on any atom is 0.276 e. The van der Waals surface area contributed by atoms with Gasteiger partial charge in [-0.1, -0.05) is 24.3 Å². The summed E-state index contributed by atoms with van der Waals surface area (Å²) in [6, 6.07) is 18.5. The zero-order chi connectivity index (χ0) is 20.1. The molecule has 0 fully saturated rings. The van der Waals surface area contributed by atoms with Crippen molar-refractivity contribution in [2.75, 3.05) is 10.6 Å². The van der Waals surface area contributed by atoms with Crippen LogP contribution in [0.2, 0.25) is 0 Å². The molecule has 3 rings (SSSR count). The van der Waals surface area contributed by atoms with Crippen molar-refractivity contribution < 1.29 is 9.59 Å². The number of aromatic nitrogens is 2. The van der Waals surface area contributed by atoms with Gasteiger partial charge in [-0.25, -0.2) is 0 Å². The number of hydrogen-bond donors (Lipinski definition) is 2. The molecule has 28 heavy (non-hydrogen) atoms. The van der Waals surface area contributed by atoms with E-state index >= 15 is 0 Å². The molecule has 0 bridgehead atoms. The Bertz CT molecular complexity index is 1150. The average molecular weight is 370 g/mol. The number of rotatable bonds is 4. The normalized spacial score (nSPS) is 9.82. The molecule has 8 nitrogen and oxygen atoms in total. The van der Waals surface area contributed by atoms with Crippen molar-refractivity contribution in [2.45, 2.75) is 0 Å². The monoisotopic (exact) mass is 370 g/mol. The fourth-order valence-corrected chi connectivity index (χ4v) is 2.54. The van der Waals surface area contributed by atoms with Crippen LogP contribution < -0.4 is 10.6 Å². The van der Waals surface area contributed by atoms with Crippen LogP contribution in [0, 0.1) is 22.7 Å². The summed E-state index contributed by atoms with van der Waals surface area (Å²) in [4.78, 5) is 25.0. The third-order valence-corrected chi connectivity index (χ3v) is 3.94.